The zero-order chi connectivity index (χ0) is 18.3. The largest absolute Gasteiger partial charge is 0.493 e. The first-order valence-corrected chi connectivity index (χ1v) is 7.80. The predicted octanol–water partition coefficient (Wildman–Crippen LogP) is 4.16. The van der Waals surface area contributed by atoms with Gasteiger partial charge >= 0.3 is 0 Å². The molecule has 0 unspecified atom stereocenters. The Morgan fingerprint density at radius 2 is 1.96 bits per heavy atom. The summed E-state index contributed by atoms with van der Waals surface area (Å²) in [7, 11) is 1.34. The number of hydrogen-bond acceptors (Lipinski definition) is 4. The summed E-state index contributed by atoms with van der Waals surface area (Å²) in [5.41, 5.74) is 8.60. The van der Waals surface area contributed by atoms with Gasteiger partial charge < -0.3 is 15.5 Å². The average molecular weight is 352 g/mol. The van der Waals surface area contributed by atoms with Gasteiger partial charge in [-0.3, -0.25) is 0 Å². The number of methoxy groups -OCH3 is 1. The molecule has 3 N–H and O–H groups in total. The maximum absolute atomic E-state index is 14.1. The first-order valence-electron chi connectivity index (χ1n) is 7.80. The fourth-order valence-electron chi connectivity index (χ4n) is 2.95. The summed E-state index contributed by atoms with van der Waals surface area (Å²) >= 11 is 0. The molecular formula is C19H14F2N4O. The smallest absolute Gasteiger partial charge is 0.168 e. The minimum Gasteiger partial charge on any atom is -0.493 e. The molecule has 3 heterocycles. The van der Waals surface area contributed by atoms with E-state index in [2.05, 4.69) is 15.0 Å². The van der Waals surface area contributed by atoms with Gasteiger partial charge in [0.15, 0.2) is 11.6 Å². The third-order valence-corrected chi connectivity index (χ3v) is 4.10. The van der Waals surface area contributed by atoms with Gasteiger partial charge in [0, 0.05) is 40.5 Å². The summed E-state index contributed by atoms with van der Waals surface area (Å²) in [5, 5.41) is 0.690. The summed E-state index contributed by atoms with van der Waals surface area (Å²) in [4.78, 5) is 11.7. The maximum Gasteiger partial charge on any atom is 0.168 e. The van der Waals surface area contributed by atoms with Crippen molar-refractivity contribution in [1.29, 1.82) is 0 Å². The highest BCUT2D eigenvalue weighted by Gasteiger charge is 2.17. The molecule has 0 saturated heterocycles. The highest BCUT2D eigenvalue weighted by molar-refractivity contribution is 5.97. The number of nitrogens with one attached hydrogen (secondary N) is 1. The van der Waals surface area contributed by atoms with Crippen molar-refractivity contribution in [2.75, 3.05) is 12.8 Å². The molecule has 0 spiro atoms. The molecule has 3 aromatic heterocycles. The molecule has 1 aromatic carbocycles. The highest BCUT2D eigenvalue weighted by atomic mass is 19.1. The van der Waals surface area contributed by atoms with Gasteiger partial charge in [0.2, 0.25) is 0 Å². The molecule has 0 atom stereocenters. The van der Waals surface area contributed by atoms with Gasteiger partial charge in [0.05, 0.1) is 12.8 Å². The number of H-pyrrole nitrogens is 1. The minimum absolute atomic E-state index is 0.0280. The second kappa shape index (κ2) is 6.11. The number of fused-ring (bicyclic) bond motifs is 1. The number of aromatic nitrogens is 3. The van der Waals surface area contributed by atoms with Crippen LogP contribution in [0.25, 0.3) is 33.4 Å². The lowest BCUT2D eigenvalue weighted by Gasteiger charge is -2.09. The van der Waals surface area contributed by atoms with Crippen molar-refractivity contribution in [2.45, 2.75) is 0 Å². The topological polar surface area (TPSA) is 76.8 Å². The normalized spacial score (nSPS) is 11.0. The molecule has 0 aliphatic carbocycles. The van der Waals surface area contributed by atoms with Gasteiger partial charge in [-0.15, -0.1) is 0 Å². The van der Waals surface area contributed by atoms with Crippen LogP contribution < -0.4 is 10.5 Å². The maximum atomic E-state index is 14.1. The molecule has 4 rings (SSSR count). The van der Waals surface area contributed by atoms with E-state index in [0.29, 0.717) is 33.7 Å². The molecule has 0 aliphatic heterocycles. The van der Waals surface area contributed by atoms with Gasteiger partial charge in [-0.25, -0.2) is 18.7 Å². The lowest BCUT2D eigenvalue weighted by Crippen LogP contribution is -1.94. The third kappa shape index (κ3) is 2.63. The van der Waals surface area contributed by atoms with E-state index in [9.17, 15) is 8.78 Å². The van der Waals surface area contributed by atoms with E-state index in [0.717, 1.165) is 11.6 Å². The van der Waals surface area contributed by atoms with Crippen molar-refractivity contribution in [3.05, 3.63) is 60.4 Å². The Labute approximate surface area is 147 Å². The number of nitrogen functional groups attached to an aromatic ring is 1. The second-order valence-corrected chi connectivity index (χ2v) is 5.74. The number of aromatic amines is 1. The molecule has 4 aromatic rings. The van der Waals surface area contributed by atoms with Crippen LogP contribution in [0, 0.1) is 11.6 Å². The van der Waals surface area contributed by atoms with Crippen LogP contribution in [0.15, 0.2) is 48.8 Å². The fourth-order valence-corrected chi connectivity index (χ4v) is 2.95. The van der Waals surface area contributed by atoms with Crippen molar-refractivity contribution in [3.8, 4) is 28.1 Å². The van der Waals surface area contributed by atoms with E-state index in [4.69, 9.17) is 10.5 Å². The van der Waals surface area contributed by atoms with Gasteiger partial charge in [-0.05, 0) is 24.3 Å². The van der Waals surface area contributed by atoms with Gasteiger partial charge in [-0.2, -0.15) is 0 Å². The molecule has 0 saturated carbocycles. The van der Waals surface area contributed by atoms with Gasteiger partial charge in [0.25, 0.3) is 0 Å². The van der Waals surface area contributed by atoms with Crippen LogP contribution in [0.4, 0.5) is 14.6 Å². The Bertz CT molecular complexity index is 1120. The number of nitrogens with two attached hydrogens (primary N) is 1. The first-order chi connectivity index (χ1) is 12.6. The number of nitrogens with zero attached hydrogens (tertiary/aromatic N) is 2. The van der Waals surface area contributed by atoms with E-state index in [1.165, 1.54) is 13.2 Å². The van der Waals surface area contributed by atoms with Crippen LogP contribution in [0.3, 0.4) is 0 Å². The number of rotatable bonds is 3. The van der Waals surface area contributed by atoms with E-state index in [-0.39, 0.29) is 5.75 Å². The van der Waals surface area contributed by atoms with Crippen molar-refractivity contribution in [3.63, 3.8) is 0 Å². The van der Waals surface area contributed by atoms with Crippen LogP contribution in [0.1, 0.15) is 0 Å². The zero-order valence-corrected chi connectivity index (χ0v) is 13.8. The number of benzene rings is 1. The number of halogens is 2. The molecule has 0 radical (unpaired) electrons. The summed E-state index contributed by atoms with van der Waals surface area (Å²) in [6.45, 7) is 0. The molecule has 5 nitrogen and oxygen atoms in total. The fraction of sp³-hybridized carbons (Fsp3) is 0.0526. The first kappa shape index (κ1) is 16.0. The summed E-state index contributed by atoms with van der Waals surface area (Å²) in [6, 6.07) is 9.17. The number of pyridine rings is 2. The molecule has 0 fully saturated rings. The third-order valence-electron chi connectivity index (χ3n) is 4.10. The van der Waals surface area contributed by atoms with Crippen LogP contribution in [0.5, 0.6) is 5.75 Å². The highest BCUT2D eigenvalue weighted by Crippen LogP contribution is 2.38. The van der Waals surface area contributed by atoms with Crippen molar-refractivity contribution in [2.24, 2.45) is 0 Å². The Hall–Kier alpha value is -3.48. The van der Waals surface area contributed by atoms with E-state index in [1.54, 1.807) is 24.5 Å². The van der Waals surface area contributed by atoms with Crippen LogP contribution in [-0.4, -0.2) is 22.1 Å². The van der Waals surface area contributed by atoms with E-state index in [1.807, 2.05) is 12.1 Å². The SMILES string of the molecule is COc1c(F)cc(F)cc1-c1c[nH]c2ncc(-c3cccc(N)n3)cc12. The standard InChI is InChI=1S/C19H14F2N4O/c1-26-18-12(6-11(20)7-15(18)21)14-9-24-19-13(14)5-10(8-23-19)16-3-2-4-17(22)25-16/h2-9H,1H3,(H2,22,25)(H,23,24). The molecular weight excluding hydrogens is 338 g/mol. The van der Waals surface area contributed by atoms with Crippen LogP contribution >= 0.6 is 0 Å². The molecule has 0 aliphatic rings. The van der Waals surface area contributed by atoms with Gasteiger partial charge in [-0.1, -0.05) is 6.07 Å². The summed E-state index contributed by atoms with van der Waals surface area (Å²) in [5.74, 6) is -1.08. The Kier molecular flexibility index (Phi) is 3.76. The van der Waals surface area contributed by atoms with Crippen LogP contribution in [-0.2, 0) is 0 Å². The Morgan fingerprint density at radius 3 is 2.73 bits per heavy atom. The molecule has 26 heavy (non-hydrogen) atoms. The summed E-state index contributed by atoms with van der Waals surface area (Å²) in [6.07, 6.45) is 3.30. The lowest BCUT2D eigenvalue weighted by molar-refractivity contribution is 0.386. The molecule has 0 amide bonds. The van der Waals surface area contributed by atoms with Crippen molar-refractivity contribution < 1.29 is 13.5 Å². The van der Waals surface area contributed by atoms with Crippen LogP contribution in [0.2, 0.25) is 0 Å². The molecule has 130 valence electrons. The molecule has 7 heteroatoms. The van der Waals surface area contributed by atoms with E-state index < -0.39 is 11.6 Å². The predicted molar refractivity (Wildman–Crippen MR) is 95.6 cm³/mol. The molecule has 0 bridgehead atoms. The van der Waals surface area contributed by atoms with Crippen molar-refractivity contribution >= 4 is 16.9 Å². The minimum atomic E-state index is -0.765. The van der Waals surface area contributed by atoms with Crippen molar-refractivity contribution in [1.82, 2.24) is 15.0 Å². The van der Waals surface area contributed by atoms with E-state index >= 15 is 0 Å². The number of hydrogen-bond donors (Lipinski definition) is 2. The number of ether oxygens (including phenoxy) is 1. The quantitative estimate of drug-likeness (QED) is 0.580. The zero-order valence-electron chi connectivity index (χ0n) is 13.8. The second-order valence-electron chi connectivity index (χ2n) is 5.74. The summed E-state index contributed by atoms with van der Waals surface area (Å²) < 4.78 is 33.0. The Balaban J connectivity index is 1.94. The number of anilines is 1. The Morgan fingerprint density at radius 1 is 1.12 bits per heavy atom. The average Bonchev–Trinajstić information content (AvgIpc) is 3.04. The monoisotopic (exact) mass is 352 g/mol. The lowest BCUT2D eigenvalue weighted by atomic mass is 10.0. The van der Waals surface area contributed by atoms with Gasteiger partial charge in [0.1, 0.15) is 17.3 Å².